The fourth-order valence-electron chi connectivity index (χ4n) is 3.42. The van der Waals surface area contributed by atoms with E-state index >= 15 is 0 Å². The molecule has 2 unspecified atom stereocenters. The Labute approximate surface area is 146 Å². The fraction of sp³-hybridized carbons (Fsp3) is 0.400. The zero-order valence-corrected chi connectivity index (χ0v) is 14.0. The minimum atomic E-state index is -0.654. The van der Waals surface area contributed by atoms with Crippen LogP contribution in [0.1, 0.15) is 36.2 Å². The lowest BCUT2D eigenvalue weighted by Crippen LogP contribution is -2.38. The lowest BCUT2D eigenvalue weighted by atomic mass is 9.87. The Bertz CT molecular complexity index is 667. The van der Waals surface area contributed by atoms with Crippen LogP contribution in [-0.4, -0.2) is 34.7 Å². The summed E-state index contributed by atoms with van der Waals surface area (Å²) in [7, 11) is 0. The number of likely N-dealkylation sites (tertiary alicyclic amines) is 1. The van der Waals surface area contributed by atoms with Crippen molar-refractivity contribution < 1.29 is 19.0 Å². The molecule has 5 heteroatoms. The van der Waals surface area contributed by atoms with Crippen LogP contribution < -0.4 is 0 Å². The number of nitrogens with zero attached hydrogens (tertiary/aromatic N) is 1. The van der Waals surface area contributed by atoms with Crippen molar-refractivity contribution in [1.29, 1.82) is 0 Å². The smallest absolute Gasteiger partial charge is 0.123 e. The maximum absolute atomic E-state index is 13.0. The van der Waals surface area contributed by atoms with Crippen LogP contribution in [0.4, 0.5) is 8.78 Å². The molecule has 0 radical (unpaired) electrons. The van der Waals surface area contributed by atoms with E-state index in [1.165, 1.54) is 24.3 Å². The molecular formula is C20H23F2NO2. The number of rotatable bonds is 5. The first-order chi connectivity index (χ1) is 12.0. The summed E-state index contributed by atoms with van der Waals surface area (Å²) in [5, 5.41) is 20.8. The third kappa shape index (κ3) is 4.63. The third-order valence-electron chi connectivity index (χ3n) is 4.98. The molecule has 25 heavy (non-hydrogen) atoms. The van der Waals surface area contributed by atoms with Gasteiger partial charge in [0.05, 0.1) is 12.2 Å². The van der Waals surface area contributed by atoms with Crippen molar-refractivity contribution in [2.24, 2.45) is 5.92 Å². The second-order valence-electron chi connectivity index (χ2n) is 6.70. The molecule has 2 aromatic rings. The van der Waals surface area contributed by atoms with Gasteiger partial charge in [0.1, 0.15) is 11.6 Å². The van der Waals surface area contributed by atoms with Gasteiger partial charge in [0, 0.05) is 6.54 Å². The van der Waals surface area contributed by atoms with Gasteiger partial charge in [0.15, 0.2) is 0 Å². The Morgan fingerprint density at radius 3 is 1.84 bits per heavy atom. The van der Waals surface area contributed by atoms with Crippen LogP contribution in [0, 0.1) is 17.6 Å². The molecule has 0 saturated carbocycles. The minimum absolute atomic E-state index is 0.129. The summed E-state index contributed by atoms with van der Waals surface area (Å²) in [4.78, 5) is 2.15. The Hall–Kier alpha value is -1.82. The molecule has 0 spiro atoms. The van der Waals surface area contributed by atoms with E-state index < -0.39 is 12.2 Å². The SMILES string of the molecule is OC(CN1CCC(C(O)c2ccc(F)cc2)CC1)c1ccc(F)cc1. The Morgan fingerprint density at radius 1 is 0.840 bits per heavy atom. The Kier molecular flexibility index (Phi) is 5.78. The van der Waals surface area contributed by atoms with Gasteiger partial charge in [-0.15, -0.1) is 0 Å². The van der Waals surface area contributed by atoms with Crippen LogP contribution in [0.5, 0.6) is 0 Å². The van der Waals surface area contributed by atoms with Crippen LogP contribution in [0.25, 0.3) is 0 Å². The molecule has 0 bridgehead atoms. The van der Waals surface area contributed by atoms with Crippen molar-refractivity contribution in [1.82, 2.24) is 4.90 Å². The van der Waals surface area contributed by atoms with Gasteiger partial charge >= 0.3 is 0 Å². The van der Waals surface area contributed by atoms with Crippen LogP contribution in [0.3, 0.4) is 0 Å². The lowest BCUT2D eigenvalue weighted by molar-refractivity contribution is 0.0398. The van der Waals surface area contributed by atoms with Crippen molar-refractivity contribution in [3.05, 3.63) is 71.3 Å². The van der Waals surface area contributed by atoms with E-state index in [1.54, 1.807) is 24.3 Å². The summed E-state index contributed by atoms with van der Waals surface area (Å²) in [6.07, 6.45) is 0.382. The summed E-state index contributed by atoms with van der Waals surface area (Å²) in [5.74, 6) is -0.489. The molecule has 1 fully saturated rings. The molecule has 2 N–H and O–H groups in total. The van der Waals surface area contributed by atoms with Crippen molar-refractivity contribution in [2.75, 3.05) is 19.6 Å². The van der Waals surface area contributed by atoms with Crippen molar-refractivity contribution in [2.45, 2.75) is 25.0 Å². The van der Waals surface area contributed by atoms with Gasteiger partial charge in [0.2, 0.25) is 0 Å². The molecular weight excluding hydrogens is 324 g/mol. The van der Waals surface area contributed by atoms with E-state index in [1.807, 2.05) is 0 Å². The summed E-state index contributed by atoms with van der Waals surface area (Å²) in [6.45, 7) is 2.05. The highest BCUT2D eigenvalue weighted by molar-refractivity contribution is 5.20. The van der Waals surface area contributed by atoms with Crippen LogP contribution in [0.2, 0.25) is 0 Å². The summed E-state index contributed by atoms with van der Waals surface area (Å²) < 4.78 is 25.9. The van der Waals surface area contributed by atoms with E-state index in [2.05, 4.69) is 4.90 Å². The largest absolute Gasteiger partial charge is 0.388 e. The highest BCUT2D eigenvalue weighted by Crippen LogP contribution is 2.31. The lowest BCUT2D eigenvalue weighted by Gasteiger charge is -2.35. The number of aliphatic hydroxyl groups is 2. The van der Waals surface area contributed by atoms with Gasteiger partial charge in [-0.3, -0.25) is 0 Å². The monoisotopic (exact) mass is 347 g/mol. The molecule has 0 amide bonds. The van der Waals surface area contributed by atoms with Gasteiger partial charge in [-0.2, -0.15) is 0 Å². The molecule has 1 saturated heterocycles. The molecule has 2 atom stereocenters. The molecule has 3 rings (SSSR count). The number of hydrogen-bond donors (Lipinski definition) is 2. The van der Waals surface area contributed by atoms with E-state index in [4.69, 9.17) is 0 Å². The third-order valence-corrected chi connectivity index (χ3v) is 4.98. The topological polar surface area (TPSA) is 43.7 Å². The molecule has 1 aliphatic heterocycles. The van der Waals surface area contributed by atoms with Crippen molar-refractivity contribution in [3.8, 4) is 0 Å². The first kappa shape index (κ1) is 18.0. The second-order valence-corrected chi connectivity index (χ2v) is 6.70. The van der Waals surface area contributed by atoms with Crippen molar-refractivity contribution >= 4 is 0 Å². The summed E-state index contributed by atoms with van der Waals surface area (Å²) >= 11 is 0. The number of aliphatic hydroxyl groups excluding tert-OH is 2. The van der Waals surface area contributed by atoms with Gasteiger partial charge in [-0.05, 0) is 67.2 Å². The minimum Gasteiger partial charge on any atom is -0.388 e. The van der Waals surface area contributed by atoms with Crippen molar-refractivity contribution in [3.63, 3.8) is 0 Å². The molecule has 1 heterocycles. The van der Waals surface area contributed by atoms with E-state index in [0.29, 0.717) is 12.1 Å². The molecule has 0 aromatic heterocycles. The predicted molar refractivity (Wildman–Crippen MR) is 91.9 cm³/mol. The van der Waals surface area contributed by atoms with Crippen LogP contribution in [-0.2, 0) is 0 Å². The number of β-amino-alcohol motifs (C(OH)–C–C–N with tert-alkyl or cyclic N) is 1. The Balaban J connectivity index is 1.51. The average molecular weight is 347 g/mol. The average Bonchev–Trinajstić information content (AvgIpc) is 2.63. The zero-order chi connectivity index (χ0) is 17.8. The number of benzene rings is 2. The summed E-state index contributed by atoms with van der Waals surface area (Å²) in [6, 6.07) is 11.9. The predicted octanol–water partition coefficient (Wildman–Crippen LogP) is 3.44. The number of piperidine rings is 1. The maximum atomic E-state index is 13.0. The van der Waals surface area contributed by atoms with E-state index in [0.717, 1.165) is 31.5 Å². The number of halogens is 2. The van der Waals surface area contributed by atoms with E-state index in [-0.39, 0.29) is 17.6 Å². The molecule has 134 valence electrons. The first-order valence-corrected chi connectivity index (χ1v) is 8.62. The molecule has 2 aromatic carbocycles. The highest BCUT2D eigenvalue weighted by Gasteiger charge is 2.27. The highest BCUT2D eigenvalue weighted by atomic mass is 19.1. The van der Waals surface area contributed by atoms with Gasteiger partial charge < -0.3 is 15.1 Å². The quantitative estimate of drug-likeness (QED) is 0.871. The standard InChI is InChI=1S/C20H23F2NO2/c21-17-5-1-14(2-6-17)19(24)13-23-11-9-16(10-12-23)20(25)15-3-7-18(22)8-4-15/h1-8,16,19-20,24-25H,9-13H2. The van der Waals surface area contributed by atoms with Crippen LogP contribution in [0.15, 0.2) is 48.5 Å². The molecule has 3 nitrogen and oxygen atoms in total. The first-order valence-electron chi connectivity index (χ1n) is 8.62. The molecule has 0 aliphatic carbocycles. The van der Waals surface area contributed by atoms with Gasteiger partial charge in [-0.1, -0.05) is 24.3 Å². The van der Waals surface area contributed by atoms with Crippen LogP contribution >= 0.6 is 0 Å². The maximum Gasteiger partial charge on any atom is 0.123 e. The normalized spacial score (nSPS) is 18.9. The van der Waals surface area contributed by atoms with Gasteiger partial charge in [-0.25, -0.2) is 8.78 Å². The number of hydrogen-bond acceptors (Lipinski definition) is 3. The second kappa shape index (κ2) is 8.04. The van der Waals surface area contributed by atoms with Gasteiger partial charge in [0.25, 0.3) is 0 Å². The summed E-state index contributed by atoms with van der Waals surface area (Å²) in [5.41, 5.74) is 1.45. The zero-order valence-electron chi connectivity index (χ0n) is 14.0. The fourth-order valence-corrected chi connectivity index (χ4v) is 3.42. The molecule has 1 aliphatic rings. The van der Waals surface area contributed by atoms with E-state index in [9.17, 15) is 19.0 Å². The Morgan fingerprint density at radius 2 is 1.32 bits per heavy atom.